The second-order valence-electron chi connectivity index (χ2n) is 11.0. The van der Waals surface area contributed by atoms with Gasteiger partial charge in [0, 0.05) is 48.5 Å². The monoisotopic (exact) mass is 608 g/mol. The number of benzene rings is 1. The van der Waals surface area contributed by atoms with Crippen molar-refractivity contribution in [1.29, 1.82) is 0 Å². The Morgan fingerprint density at radius 2 is 2.02 bits per heavy atom. The SMILES string of the molecule is O=C(O)c1ccc2nc(CN3CCN4c5nc(OCc6ccc(Cl)cc6F)ccc5COC[C@H]4C3)n(C[C@@H]3CCO3)c2n1. The summed E-state index contributed by atoms with van der Waals surface area (Å²) >= 11 is 5.87. The molecule has 7 rings (SSSR count). The maximum Gasteiger partial charge on any atom is 0.354 e. The van der Waals surface area contributed by atoms with Crippen molar-refractivity contribution >= 4 is 34.6 Å². The molecule has 4 aromatic rings. The van der Waals surface area contributed by atoms with Crippen molar-refractivity contribution < 1.29 is 28.5 Å². The molecule has 13 heteroatoms. The van der Waals surface area contributed by atoms with Crippen LogP contribution in [0.4, 0.5) is 10.2 Å². The maximum atomic E-state index is 14.3. The molecule has 2 atom stereocenters. The number of hydrogen-bond acceptors (Lipinski definition) is 9. The van der Waals surface area contributed by atoms with Gasteiger partial charge in [-0.1, -0.05) is 17.7 Å². The molecule has 0 saturated carbocycles. The van der Waals surface area contributed by atoms with Crippen LogP contribution in [-0.2, 0) is 35.8 Å². The second-order valence-corrected chi connectivity index (χ2v) is 11.5. The molecule has 2 fully saturated rings. The molecule has 3 aliphatic heterocycles. The molecule has 3 aliphatic rings. The average Bonchev–Trinajstić information content (AvgIpc) is 3.19. The van der Waals surface area contributed by atoms with Gasteiger partial charge in [-0.3, -0.25) is 4.90 Å². The molecule has 0 unspecified atom stereocenters. The summed E-state index contributed by atoms with van der Waals surface area (Å²) in [6, 6.07) is 11.5. The lowest BCUT2D eigenvalue weighted by atomic mass is 10.1. The third-order valence-electron chi connectivity index (χ3n) is 8.16. The van der Waals surface area contributed by atoms with Crippen LogP contribution in [0.5, 0.6) is 5.88 Å². The largest absolute Gasteiger partial charge is 0.477 e. The highest BCUT2D eigenvalue weighted by Gasteiger charge is 2.33. The fourth-order valence-electron chi connectivity index (χ4n) is 5.79. The molecule has 0 aliphatic carbocycles. The molecule has 1 aromatic carbocycles. The molecule has 11 nitrogen and oxygen atoms in total. The third kappa shape index (κ3) is 5.75. The number of carboxylic acid groups (broad SMARTS) is 1. The van der Waals surface area contributed by atoms with E-state index in [0.717, 1.165) is 49.9 Å². The standard InChI is InChI=1S/C30H30ClFN6O5/c31-20-3-1-18(23(32)11-20)16-43-27-6-2-19-15-41-17-21-12-36(8-9-37(21)28(19)35-27)14-26-33-24-4-5-25(30(39)40)34-29(24)38(26)13-22-7-10-42-22/h1-6,11,21-22H,7-10,12-17H2,(H,39,40)/t21-,22+/m1/s1. The van der Waals surface area contributed by atoms with Gasteiger partial charge in [-0.2, -0.15) is 4.98 Å². The molecule has 0 spiro atoms. The predicted molar refractivity (Wildman–Crippen MR) is 155 cm³/mol. The topological polar surface area (TPSA) is 115 Å². The van der Waals surface area contributed by atoms with E-state index in [9.17, 15) is 14.3 Å². The van der Waals surface area contributed by atoms with E-state index in [0.29, 0.717) is 53.9 Å². The zero-order chi connectivity index (χ0) is 29.5. The number of aromatic nitrogens is 4. The number of halogens is 2. The van der Waals surface area contributed by atoms with Crippen LogP contribution in [0.25, 0.3) is 11.2 Å². The number of aromatic carboxylic acids is 1. The highest BCUT2D eigenvalue weighted by Crippen LogP contribution is 2.30. The van der Waals surface area contributed by atoms with E-state index in [1.807, 2.05) is 10.6 Å². The molecular formula is C30H30ClFN6O5. The first-order chi connectivity index (χ1) is 20.9. The van der Waals surface area contributed by atoms with Gasteiger partial charge in [0.2, 0.25) is 5.88 Å². The summed E-state index contributed by atoms with van der Waals surface area (Å²) in [7, 11) is 0. The Kier molecular flexibility index (Phi) is 7.60. The Morgan fingerprint density at radius 3 is 2.81 bits per heavy atom. The number of rotatable bonds is 8. The Morgan fingerprint density at radius 1 is 1.14 bits per heavy atom. The van der Waals surface area contributed by atoms with Gasteiger partial charge in [-0.05, 0) is 36.8 Å². The van der Waals surface area contributed by atoms with Gasteiger partial charge >= 0.3 is 5.97 Å². The number of imidazole rings is 1. The highest BCUT2D eigenvalue weighted by atomic mass is 35.5. The summed E-state index contributed by atoms with van der Waals surface area (Å²) < 4.78 is 33.9. The summed E-state index contributed by atoms with van der Waals surface area (Å²) in [5.41, 5.74) is 2.60. The molecule has 6 heterocycles. The van der Waals surface area contributed by atoms with Gasteiger partial charge in [0.15, 0.2) is 11.3 Å². The number of ether oxygens (including phenoxy) is 3. The molecule has 0 amide bonds. The minimum absolute atomic E-state index is 0.00763. The van der Waals surface area contributed by atoms with E-state index in [2.05, 4.69) is 14.8 Å². The normalized spacial score (nSPS) is 20.3. The van der Waals surface area contributed by atoms with Gasteiger partial charge in [0.1, 0.15) is 29.6 Å². The highest BCUT2D eigenvalue weighted by molar-refractivity contribution is 6.30. The predicted octanol–water partition coefficient (Wildman–Crippen LogP) is 3.91. The summed E-state index contributed by atoms with van der Waals surface area (Å²) in [4.78, 5) is 30.3. The first kappa shape index (κ1) is 28.0. The van der Waals surface area contributed by atoms with Crippen molar-refractivity contribution in [3.63, 3.8) is 0 Å². The van der Waals surface area contributed by atoms with Gasteiger partial charge in [-0.15, -0.1) is 0 Å². The quantitative estimate of drug-likeness (QED) is 0.316. The Labute approximate surface area is 251 Å². The van der Waals surface area contributed by atoms with E-state index >= 15 is 0 Å². The van der Waals surface area contributed by atoms with Gasteiger partial charge < -0.3 is 28.8 Å². The lowest BCUT2D eigenvalue weighted by molar-refractivity contribution is -0.0593. The van der Waals surface area contributed by atoms with E-state index in [4.69, 9.17) is 35.8 Å². The number of pyridine rings is 2. The number of carboxylic acids is 1. The van der Waals surface area contributed by atoms with Crippen LogP contribution in [0.1, 0.15) is 33.9 Å². The van der Waals surface area contributed by atoms with Crippen LogP contribution >= 0.6 is 11.6 Å². The smallest absolute Gasteiger partial charge is 0.354 e. The average molecular weight is 609 g/mol. The number of hydrogen-bond donors (Lipinski definition) is 1. The first-order valence-corrected chi connectivity index (χ1v) is 14.6. The third-order valence-corrected chi connectivity index (χ3v) is 8.40. The van der Waals surface area contributed by atoms with E-state index in [-0.39, 0.29) is 24.4 Å². The summed E-state index contributed by atoms with van der Waals surface area (Å²) in [6.07, 6.45) is 1.01. The lowest BCUT2D eigenvalue weighted by Gasteiger charge is -2.41. The maximum absolute atomic E-state index is 14.3. The van der Waals surface area contributed by atoms with Gasteiger partial charge in [0.25, 0.3) is 0 Å². The van der Waals surface area contributed by atoms with E-state index in [1.54, 1.807) is 24.3 Å². The fraction of sp³-hybridized carbons (Fsp3) is 0.400. The summed E-state index contributed by atoms with van der Waals surface area (Å²) in [5, 5.41) is 9.83. The van der Waals surface area contributed by atoms with Gasteiger partial charge in [-0.25, -0.2) is 19.2 Å². The van der Waals surface area contributed by atoms with Gasteiger partial charge in [0.05, 0.1) is 38.4 Å². The summed E-state index contributed by atoms with van der Waals surface area (Å²) in [5.74, 6) is 0.568. The minimum atomic E-state index is -1.07. The van der Waals surface area contributed by atoms with Crippen LogP contribution in [-0.4, -0.2) is 80.5 Å². The van der Waals surface area contributed by atoms with E-state index in [1.165, 1.54) is 12.1 Å². The van der Waals surface area contributed by atoms with Crippen molar-refractivity contribution in [2.75, 3.05) is 37.7 Å². The minimum Gasteiger partial charge on any atom is -0.477 e. The Balaban J connectivity index is 1.08. The van der Waals surface area contributed by atoms with Crippen molar-refractivity contribution in [3.8, 4) is 5.88 Å². The molecule has 0 bridgehead atoms. The molecule has 1 N–H and O–H groups in total. The van der Waals surface area contributed by atoms with Crippen molar-refractivity contribution in [1.82, 2.24) is 24.4 Å². The van der Waals surface area contributed by atoms with Crippen LogP contribution in [0.3, 0.4) is 0 Å². The zero-order valence-corrected chi connectivity index (χ0v) is 24.0. The van der Waals surface area contributed by atoms with Crippen molar-refractivity contribution in [3.05, 3.63) is 75.9 Å². The molecule has 0 radical (unpaired) electrons. The number of nitrogens with zero attached hydrogens (tertiary/aromatic N) is 6. The fourth-order valence-corrected chi connectivity index (χ4v) is 5.95. The Bertz CT molecular complexity index is 1680. The molecule has 224 valence electrons. The Hall–Kier alpha value is -3.84. The van der Waals surface area contributed by atoms with E-state index < -0.39 is 11.8 Å². The molecule has 2 saturated heterocycles. The lowest BCUT2D eigenvalue weighted by Crippen LogP contribution is -2.54. The number of anilines is 1. The first-order valence-electron chi connectivity index (χ1n) is 14.3. The van der Waals surface area contributed by atoms with Crippen LogP contribution < -0.4 is 9.64 Å². The number of fused-ring (bicyclic) bond motifs is 4. The zero-order valence-electron chi connectivity index (χ0n) is 23.3. The molecule has 3 aromatic heterocycles. The second kappa shape index (κ2) is 11.7. The van der Waals surface area contributed by atoms with Crippen molar-refractivity contribution in [2.45, 2.75) is 44.9 Å². The summed E-state index contributed by atoms with van der Waals surface area (Å²) in [6.45, 7) is 5.10. The number of piperazine rings is 1. The molecule has 43 heavy (non-hydrogen) atoms. The van der Waals surface area contributed by atoms with Crippen LogP contribution in [0, 0.1) is 5.82 Å². The van der Waals surface area contributed by atoms with Crippen LogP contribution in [0.15, 0.2) is 42.5 Å². The van der Waals surface area contributed by atoms with Crippen LogP contribution in [0.2, 0.25) is 5.02 Å². The van der Waals surface area contributed by atoms with Crippen molar-refractivity contribution in [2.24, 2.45) is 0 Å². The molecular weight excluding hydrogens is 579 g/mol. The number of carbonyl (C=O) groups is 1.